The lowest BCUT2D eigenvalue weighted by Gasteiger charge is -2.15. The van der Waals surface area contributed by atoms with E-state index in [0.717, 1.165) is 50.7 Å². The summed E-state index contributed by atoms with van der Waals surface area (Å²) in [6.45, 7) is 2.62. The number of rotatable bonds is 23. The van der Waals surface area contributed by atoms with Gasteiger partial charge in [-0.25, -0.2) is 9.59 Å². The van der Waals surface area contributed by atoms with Crippen LogP contribution in [0, 0.1) is 0 Å². The predicted molar refractivity (Wildman–Crippen MR) is 169 cm³/mol. The SMILES string of the molecule is CC/C=C\C/C=C\C/C=C\C/C=C\C/C=C\C/C=C\CCC(=O)NCCCC[C@H](NC(=O)/C=C/C(=O)OC)C(=O)OC. The third-order valence-electron chi connectivity index (χ3n) is 5.75. The van der Waals surface area contributed by atoms with Crippen LogP contribution in [-0.2, 0) is 28.7 Å². The number of hydrogen-bond donors (Lipinski definition) is 2. The molecule has 2 N–H and O–H groups in total. The molecule has 0 aliphatic heterocycles. The molecule has 1 atom stereocenters. The zero-order chi connectivity index (χ0) is 31.1. The molecule has 0 spiro atoms. The minimum Gasteiger partial charge on any atom is -0.467 e. The number of hydrogen-bond acceptors (Lipinski definition) is 6. The van der Waals surface area contributed by atoms with Crippen LogP contribution in [0.3, 0.4) is 0 Å². The molecule has 0 aromatic heterocycles. The minimum absolute atomic E-state index is 0.0275. The van der Waals surface area contributed by atoms with Gasteiger partial charge >= 0.3 is 11.9 Å². The van der Waals surface area contributed by atoms with Gasteiger partial charge in [-0.2, -0.15) is 0 Å². The normalized spacial score (nSPS) is 12.9. The zero-order valence-electron chi connectivity index (χ0n) is 25.6. The van der Waals surface area contributed by atoms with E-state index < -0.39 is 23.9 Å². The number of unbranched alkanes of at least 4 members (excludes halogenated alkanes) is 1. The van der Waals surface area contributed by atoms with E-state index in [1.54, 1.807) is 0 Å². The van der Waals surface area contributed by atoms with Crippen LogP contribution >= 0.6 is 0 Å². The van der Waals surface area contributed by atoms with Gasteiger partial charge in [0.25, 0.3) is 0 Å². The van der Waals surface area contributed by atoms with Gasteiger partial charge in [0.05, 0.1) is 14.2 Å². The summed E-state index contributed by atoms with van der Waals surface area (Å²) in [7, 11) is 2.44. The lowest BCUT2D eigenvalue weighted by atomic mass is 10.1. The molecule has 0 aromatic rings. The third-order valence-corrected chi connectivity index (χ3v) is 5.75. The Balaban J connectivity index is 3.92. The zero-order valence-corrected chi connectivity index (χ0v) is 25.6. The Morgan fingerprint density at radius 2 is 1.19 bits per heavy atom. The molecule has 42 heavy (non-hydrogen) atoms. The Labute approximate surface area is 252 Å². The molecule has 0 aliphatic rings. The van der Waals surface area contributed by atoms with E-state index in [4.69, 9.17) is 4.74 Å². The molecule has 8 nitrogen and oxygen atoms in total. The van der Waals surface area contributed by atoms with Crippen LogP contribution in [0.4, 0.5) is 0 Å². The van der Waals surface area contributed by atoms with Crippen LogP contribution in [0.2, 0.25) is 0 Å². The molecule has 0 aliphatic carbocycles. The van der Waals surface area contributed by atoms with Crippen molar-refractivity contribution in [3.8, 4) is 0 Å². The van der Waals surface area contributed by atoms with E-state index in [1.807, 2.05) is 6.08 Å². The van der Waals surface area contributed by atoms with Crippen molar-refractivity contribution in [2.45, 2.75) is 83.6 Å². The van der Waals surface area contributed by atoms with Gasteiger partial charge in [-0.05, 0) is 64.2 Å². The number of nitrogens with one attached hydrogen (secondary N) is 2. The first-order valence-electron chi connectivity index (χ1n) is 14.8. The van der Waals surface area contributed by atoms with Crippen LogP contribution in [0.1, 0.15) is 77.6 Å². The van der Waals surface area contributed by atoms with Crippen LogP contribution in [0.15, 0.2) is 85.1 Å². The van der Waals surface area contributed by atoms with E-state index in [9.17, 15) is 19.2 Å². The van der Waals surface area contributed by atoms with Crippen molar-refractivity contribution in [1.82, 2.24) is 10.6 Å². The first-order chi connectivity index (χ1) is 20.4. The lowest BCUT2D eigenvalue weighted by molar-refractivity contribution is -0.144. The average Bonchev–Trinajstić information content (AvgIpc) is 2.99. The summed E-state index contributed by atoms with van der Waals surface area (Å²) in [5.41, 5.74) is 0. The molecule has 0 saturated carbocycles. The van der Waals surface area contributed by atoms with Crippen molar-refractivity contribution in [3.05, 3.63) is 85.1 Å². The van der Waals surface area contributed by atoms with Gasteiger partial charge in [0, 0.05) is 25.1 Å². The summed E-state index contributed by atoms with van der Waals surface area (Å²) >= 11 is 0. The molecule has 0 heterocycles. The Hall–Kier alpha value is -3.94. The fraction of sp³-hybridized carbons (Fsp3) is 0.471. The molecule has 0 fully saturated rings. The maximum atomic E-state index is 12.0. The second kappa shape index (κ2) is 28.6. The number of allylic oxidation sites excluding steroid dienone is 12. The number of esters is 2. The highest BCUT2D eigenvalue weighted by atomic mass is 16.5. The summed E-state index contributed by atoms with van der Waals surface area (Å²) < 4.78 is 9.15. The lowest BCUT2D eigenvalue weighted by Crippen LogP contribution is -2.41. The highest BCUT2D eigenvalue weighted by Gasteiger charge is 2.20. The van der Waals surface area contributed by atoms with E-state index in [2.05, 4.69) is 89.1 Å². The summed E-state index contributed by atoms with van der Waals surface area (Å²) in [5.74, 6) is -1.87. The van der Waals surface area contributed by atoms with Crippen molar-refractivity contribution >= 4 is 23.8 Å². The Morgan fingerprint density at radius 1 is 0.667 bits per heavy atom. The highest BCUT2D eigenvalue weighted by molar-refractivity contribution is 5.96. The molecule has 0 rings (SSSR count). The molecule has 0 bridgehead atoms. The molecular weight excluding hydrogens is 532 g/mol. The van der Waals surface area contributed by atoms with E-state index in [-0.39, 0.29) is 5.91 Å². The quantitative estimate of drug-likeness (QED) is 0.0648. The molecule has 8 heteroatoms. The minimum atomic E-state index is -0.839. The van der Waals surface area contributed by atoms with Crippen LogP contribution in [0.25, 0.3) is 0 Å². The summed E-state index contributed by atoms with van der Waals surface area (Å²) in [4.78, 5) is 46.9. The van der Waals surface area contributed by atoms with Gasteiger partial charge in [-0.1, -0.05) is 79.8 Å². The highest BCUT2D eigenvalue weighted by Crippen LogP contribution is 2.04. The van der Waals surface area contributed by atoms with Gasteiger partial charge in [0.1, 0.15) is 6.04 Å². The van der Waals surface area contributed by atoms with Gasteiger partial charge < -0.3 is 20.1 Å². The van der Waals surface area contributed by atoms with Gasteiger partial charge in [-0.3, -0.25) is 9.59 Å². The molecule has 2 amide bonds. The number of ether oxygens (including phenoxy) is 2. The maximum Gasteiger partial charge on any atom is 0.330 e. The summed E-state index contributed by atoms with van der Waals surface area (Å²) in [6, 6.07) is -0.839. The standard InChI is InChI=1S/C34H50N2O6/c1-4-5-6-7-8-9-10-11-12-13-14-15-16-17-18-19-20-21-22-26-31(37)35-29-24-23-25-30(34(40)42-3)36-32(38)27-28-33(39)41-2/h5-6,8-9,11-12,14-15,17-18,20-21,27-28,30H,4,7,10,13,16,19,22-26,29H2,1-3H3,(H,35,37)(H,36,38)/b6-5-,9-8-,12-11-,15-14-,18-17-,21-20-,28-27+/t30-/m0/s1. The fourth-order valence-electron chi connectivity index (χ4n) is 3.47. The molecule has 0 saturated heterocycles. The van der Waals surface area contributed by atoms with Crippen LogP contribution < -0.4 is 10.6 Å². The van der Waals surface area contributed by atoms with E-state index in [1.165, 1.54) is 14.2 Å². The number of carbonyl (C=O) groups excluding carboxylic acids is 4. The first-order valence-corrected chi connectivity index (χ1v) is 14.8. The Bertz CT molecular complexity index is 973. The predicted octanol–water partition coefficient (Wildman–Crippen LogP) is 6.14. The molecule has 0 radical (unpaired) electrons. The Morgan fingerprint density at radius 3 is 1.69 bits per heavy atom. The van der Waals surface area contributed by atoms with Crippen LogP contribution in [-0.4, -0.2) is 50.6 Å². The van der Waals surface area contributed by atoms with Crippen molar-refractivity contribution in [3.63, 3.8) is 0 Å². The molecule has 0 aromatic carbocycles. The van der Waals surface area contributed by atoms with Crippen molar-refractivity contribution in [2.75, 3.05) is 20.8 Å². The number of methoxy groups -OCH3 is 2. The van der Waals surface area contributed by atoms with Crippen molar-refractivity contribution < 1.29 is 28.7 Å². The first kappa shape index (κ1) is 38.1. The number of amides is 2. The van der Waals surface area contributed by atoms with E-state index in [0.29, 0.717) is 38.6 Å². The third kappa shape index (κ3) is 25.1. The smallest absolute Gasteiger partial charge is 0.330 e. The largest absolute Gasteiger partial charge is 0.467 e. The van der Waals surface area contributed by atoms with Gasteiger partial charge in [0.2, 0.25) is 11.8 Å². The summed E-state index contributed by atoms with van der Waals surface area (Å²) in [5, 5.41) is 5.37. The second-order valence-electron chi connectivity index (χ2n) is 9.24. The van der Waals surface area contributed by atoms with Crippen molar-refractivity contribution in [1.29, 1.82) is 0 Å². The van der Waals surface area contributed by atoms with Gasteiger partial charge in [0.15, 0.2) is 0 Å². The average molecular weight is 583 g/mol. The molecule has 232 valence electrons. The maximum absolute atomic E-state index is 12.0. The van der Waals surface area contributed by atoms with Gasteiger partial charge in [-0.15, -0.1) is 0 Å². The number of carbonyl (C=O) groups is 4. The topological polar surface area (TPSA) is 111 Å². The monoisotopic (exact) mass is 582 g/mol. The van der Waals surface area contributed by atoms with Crippen LogP contribution in [0.5, 0.6) is 0 Å². The fourth-order valence-corrected chi connectivity index (χ4v) is 3.47. The van der Waals surface area contributed by atoms with Crippen molar-refractivity contribution in [2.24, 2.45) is 0 Å². The summed E-state index contributed by atoms with van der Waals surface area (Å²) in [6.07, 6.45) is 36.2. The second-order valence-corrected chi connectivity index (χ2v) is 9.24. The Kier molecular flexibility index (Phi) is 25.9. The van der Waals surface area contributed by atoms with E-state index >= 15 is 0 Å². The molecule has 0 unspecified atom stereocenters. The molecular formula is C34H50N2O6.